The van der Waals surface area contributed by atoms with Crippen molar-refractivity contribution >= 4 is 11.8 Å². The third-order valence-corrected chi connectivity index (χ3v) is 4.51. The molecule has 2 atom stereocenters. The smallest absolute Gasteiger partial charge is 0.234 e. The topological polar surface area (TPSA) is 70.5 Å². The van der Waals surface area contributed by atoms with Gasteiger partial charge in [-0.15, -0.1) is 0 Å². The Hall–Kier alpha value is -1.89. The van der Waals surface area contributed by atoms with Gasteiger partial charge in [0, 0.05) is 31.9 Å². The minimum absolute atomic E-state index is 0.00990. The van der Waals surface area contributed by atoms with Crippen molar-refractivity contribution in [1.29, 1.82) is 0 Å². The van der Waals surface area contributed by atoms with Gasteiger partial charge in [0.25, 0.3) is 0 Å². The number of rotatable bonds is 5. The number of carbonyl (C=O) groups is 2. The van der Waals surface area contributed by atoms with E-state index in [1.807, 2.05) is 41.7 Å². The molecule has 2 aliphatic rings. The van der Waals surface area contributed by atoms with Crippen molar-refractivity contribution in [2.24, 2.45) is 7.05 Å². The summed E-state index contributed by atoms with van der Waals surface area (Å²) in [5.74, 6) is 1.02. The summed E-state index contributed by atoms with van der Waals surface area (Å²) < 4.78 is 1.95. The third-order valence-electron chi connectivity index (χ3n) is 4.51. The Morgan fingerprint density at radius 1 is 1.39 bits per heavy atom. The molecule has 126 valence electrons. The lowest BCUT2D eigenvalue weighted by molar-refractivity contribution is -0.140. The molecule has 1 aliphatic carbocycles. The van der Waals surface area contributed by atoms with E-state index < -0.39 is 0 Å². The molecule has 1 aromatic heterocycles. The minimum atomic E-state index is -0.171. The lowest BCUT2D eigenvalue weighted by Crippen LogP contribution is -2.54. The summed E-state index contributed by atoms with van der Waals surface area (Å²) in [5, 5.41) is 3.12. The van der Waals surface area contributed by atoms with Crippen molar-refractivity contribution in [3.05, 3.63) is 18.2 Å². The van der Waals surface area contributed by atoms with Crippen LogP contribution in [0.4, 0.5) is 0 Å². The Labute approximate surface area is 136 Å². The van der Waals surface area contributed by atoms with Gasteiger partial charge in [-0.1, -0.05) is 0 Å². The normalized spacial score (nSPS) is 25.0. The maximum absolute atomic E-state index is 12.5. The van der Waals surface area contributed by atoms with Crippen LogP contribution in [0.3, 0.4) is 0 Å². The Balaban J connectivity index is 1.85. The molecule has 1 aliphatic heterocycles. The highest BCUT2D eigenvalue weighted by molar-refractivity contribution is 5.81. The second-order valence-electron chi connectivity index (χ2n) is 6.82. The lowest BCUT2D eigenvalue weighted by atomic mass is 9.94. The minimum Gasteiger partial charge on any atom is -0.350 e. The Morgan fingerprint density at radius 2 is 2.13 bits per heavy atom. The van der Waals surface area contributed by atoms with Crippen LogP contribution >= 0.6 is 0 Å². The predicted molar refractivity (Wildman–Crippen MR) is 85.5 cm³/mol. The van der Waals surface area contributed by atoms with E-state index in [1.165, 1.54) is 0 Å². The largest absolute Gasteiger partial charge is 0.350 e. The average Bonchev–Trinajstić information content (AvgIpc) is 3.21. The summed E-state index contributed by atoms with van der Waals surface area (Å²) in [6, 6.07) is 0.0504. The number of piperidine rings is 1. The molecule has 3 rings (SSSR count). The number of nitrogens with one attached hydrogen (secondary N) is 1. The maximum atomic E-state index is 12.5. The fraction of sp³-hybridized carbons (Fsp3) is 0.688. The molecule has 2 heterocycles. The van der Waals surface area contributed by atoms with Crippen LogP contribution in [0, 0.1) is 0 Å². The van der Waals surface area contributed by atoms with Crippen LogP contribution in [0.2, 0.25) is 0 Å². The number of aromatic nitrogens is 2. The second kappa shape index (κ2) is 6.31. The molecule has 1 saturated carbocycles. The first-order chi connectivity index (χ1) is 11.0. The molecule has 7 heteroatoms. The third kappa shape index (κ3) is 3.39. The summed E-state index contributed by atoms with van der Waals surface area (Å²) in [6.07, 6.45) is 6.88. The first kappa shape index (κ1) is 16.0. The van der Waals surface area contributed by atoms with Gasteiger partial charge in [-0.2, -0.15) is 0 Å². The molecule has 23 heavy (non-hydrogen) atoms. The van der Waals surface area contributed by atoms with E-state index >= 15 is 0 Å². The molecule has 0 aromatic carbocycles. The molecule has 0 bridgehead atoms. The molecule has 0 unspecified atom stereocenters. The zero-order valence-electron chi connectivity index (χ0n) is 14.0. The molecule has 1 aromatic rings. The summed E-state index contributed by atoms with van der Waals surface area (Å²) in [6.45, 7) is 0.348. The first-order valence-corrected chi connectivity index (χ1v) is 8.20. The van der Waals surface area contributed by atoms with Gasteiger partial charge in [-0.05, 0) is 33.4 Å². The monoisotopic (exact) mass is 319 g/mol. The number of likely N-dealkylation sites (tertiary alicyclic amines) is 1. The Bertz CT molecular complexity index is 593. The van der Waals surface area contributed by atoms with Crippen LogP contribution in [0.1, 0.15) is 37.5 Å². The number of hydrogen-bond acceptors (Lipinski definition) is 4. The van der Waals surface area contributed by atoms with Crippen LogP contribution in [0.15, 0.2) is 12.4 Å². The Morgan fingerprint density at radius 3 is 2.70 bits per heavy atom. The highest BCUT2D eigenvalue weighted by Gasteiger charge is 2.46. The van der Waals surface area contributed by atoms with Crippen LogP contribution in [-0.4, -0.2) is 63.9 Å². The zero-order valence-corrected chi connectivity index (χ0v) is 14.0. The van der Waals surface area contributed by atoms with E-state index in [0.717, 1.165) is 18.7 Å². The van der Waals surface area contributed by atoms with E-state index in [4.69, 9.17) is 0 Å². The van der Waals surface area contributed by atoms with Gasteiger partial charge in [0.1, 0.15) is 11.9 Å². The van der Waals surface area contributed by atoms with Gasteiger partial charge in [0.15, 0.2) is 0 Å². The van der Waals surface area contributed by atoms with E-state index in [2.05, 4.69) is 10.3 Å². The van der Waals surface area contributed by atoms with Gasteiger partial charge in [-0.25, -0.2) is 4.98 Å². The molecular weight excluding hydrogens is 294 g/mol. The SMILES string of the molecule is CN(C)CC(=O)N[C@@H]1CCC(=O)N(C2CC2)[C@H]1c1nccn1C. The van der Waals surface area contributed by atoms with E-state index in [1.54, 1.807) is 6.20 Å². The molecule has 2 fully saturated rings. The van der Waals surface area contributed by atoms with Crippen molar-refractivity contribution in [1.82, 2.24) is 24.7 Å². The molecule has 0 radical (unpaired) electrons. The van der Waals surface area contributed by atoms with Gasteiger partial charge >= 0.3 is 0 Å². The number of carbonyl (C=O) groups excluding carboxylic acids is 2. The highest BCUT2D eigenvalue weighted by atomic mass is 16.2. The summed E-state index contributed by atoms with van der Waals surface area (Å²) in [4.78, 5) is 33.0. The number of nitrogens with zero attached hydrogens (tertiary/aromatic N) is 4. The molecule has 2 amide bonds. The van der Waals surface area contributed by atoms with Gasteiger partial charge < -0.3 is 19.7 Å². The molecule has 1 N–H and O–H groups in total. The van der Waals surface area contributed by atoms with Crippen molar-refractivity contribution in [3.8, 4) is 0 Å². The number of likely N-dealkylation sites (N-methyl/N-ethyl adjacent to an activating group) is 1. The fourth-order valence-corrected chi connectivity index (χ4v) is 3.36. The Kier molecular flexibility index (Phi) is 4.39. The number of amides is 2. The average molecular weight is 319 g/mol. The van der Waals surface area contributed by atoms with Crippen molar-refractivity contribution in [2.45, 2.75) is 43.8 Å². The molecule has 0 spiro atoms. The quantitative estimate of drug-likeness (QED) is 0.847. The molecule has 1 saturated heterocycles. The first-order valence-electron chi connectivity index (χ1n) is 8.20. The summed E-state index contributed by atoms with van der Waals surface area (Å²) in [5.41, 5.74) is 0. The van der Waals surface area contributed by atoms with E-state index in [9.17, 15) is 9.59 Å². The lowest BCUT2D eigenvalue weighted by Gasteiger charge is -2.41. The van der Waals surface area contributed by atoms with Crippen molar-refractivity contribution < 1.29 is 9.59 Å². The predicted octanol–water partition coefficient (Wildman–Crippen LogP) is 0.292. The molecular formula is C16H25N5O2. The van der Waals surface area contributed by atoms with Gasteiger partial charge in [0.2, 0.25) is 11.8 Å². The van der Waals surface area contributed by atoms with E-state index in [0.29, 0.717) is 25.4 Å². The van der Waals surface area contributed by atoms with Crippen LogP contribution in [0.25, 0.3) is 0 Å². The van der Waals surface area contributed by atoms with Gasteiger partial charge in [-0.3, -0.25) is 9.59 Å². The van der Waals surface area contributed by atoms with Crippen LogP contribution < -0.4 is 5.32 Å². The van der Waals surface area contributed by atoms with Crippen LogP contribution in [-0.2, 0) is 16.6 Å². The van der Waals surface area contributed by atoms with Crippen molar-refractivity contribution in [3.63, 3.8) is 0 Å². The summed E-state index contributed by atoms with van der Waals surface area (Å²) in [7, 11) is 5.68. The second-order valence-corrected chi connectivity index (χ2v) is 6.82. The standard InChI is InChI=1S/C16H25N5O2/c1-19(2)10-13(22)18-12-6-7-14(23)21(11-4-5-11)15(12)16-17-8-9-20(16)3/h8-9,11-12,15H,4-7,10H2,1-3H3,(H,18,22)/t12-,15-/m1/s1. The maximum Gasteiger partial charge on any atom is 0.234 e. The molecule has 7 nitrogen and oxygen atoms in total. The fourth-order valence-electron chi connectivity index (χ4n) is 3.36. The highest BCUT2D eigenvalue weighted by Crippen LogP contribution is 2.40. The number of aryl methyl sites for hydroxylation is 1. The number of imidazole rings is 1. The van der Waals surface area contributed by atoms with E-state index in [-0.39, 0.29) is 23.9 Å². The summed E-state index contributed by atoms with van der Waals surface area (Å²) >= 11 is 0. The van der Waals surface area contributed by atoms with Gasteiger partial charge in [0.05, 0.1) is 12.6 Å². The number of hydrogen-bond donors (Lipinski definition) is 1. The van der Waals surface area contributed by atoms with Crippen molar-refractivity contribution in [2.75, 3.05) is 20.6 Å². The zero-order chi connectivity index (χ0) is 16.6. The van der Waals surface area contributed by atoms with Crippen LogP contribution in [0.5, 0.6) is 0 Å².